The summed E-state index contributed by atoms with van der Waals surface area (Å²) in [6, 6.07) is 27.5. The minimum atomic E-state index is -2.31. The van der Waals surface area contributed by atoms with Gasteiger partial charge in [-0.15, -0.1) is 0 Å². The number of hydrazine groups is 1. The Bertz CT molecular complexity index is 1430. The van der Waals surface area contributed by atoms with Crippen molar-refractivity contribution in [3.05, 3.63) is 120 Å². The number of nitrogens with zero attached hydrogens (tertiary/aromatic N) is 1. The van der Waals surface area contributed by atoms with E-state index in [1.165, 1.54) is 12.2 Å². The molecule has 0 bridgehead atoms. The number of benzene rings is 3. The van der Waals surface area contributed by atoms with Gasteiger partial charge in [0.1, 0.15) is 13.2 Å². The van der Waals surface area contributed by atoms with Gasteiger partial charge in [0.15, 0.2) is 8.32 Å². The summed E-state index contributed by atoms with van der Waals surface area (Å²) in [5.74, 6) is -0.577. The normalized spacial score (nSPS) is 13.0. The molecule has 3 aromatic carbocycles. The van der Waals surface area contributed by atoms with Crippen molar-refractivity contribution < 1.29 is 33.0 Å². The monoisotopic (exact) mass is 660 g/mol. The maximum Gasteiger partial charge on any atom is 0.429 e. The van der Waals surface area contributed by atoms with Gasteiger partial charge in [-0.2, -0.15) is 0 Å². The van der Waals surface area contributed by atoms with Gasteiger partial charge in [0.25, 0.3) is 0 Å². The third-order valence-corrected chi connectivity index (χ3v) is 12.5. The van der Waals surface area contributed by atoms with E-state index >= 15 is 0 Å². The Morgan fingerprint density at radius 1 is 0.787 bits per heavy atom. The van der Waals surface area contributed by atoms with Crippen molar-refractivity contribution >= 4 is 26.5 Å². The van der Waals surface area contributed by atoms with Gasteiger partial charge in [-0.05, 0) is 54.6 Å². The smallest absolute Gasteiger partial charge is 0.429 e. The molecular formula is C37H48N2O7Si. The van der Waals surface area contributed by atoms with Crippen LogP contribution in [0.5, 0.6) is 0 Å². The minimum absolute atomic E-state index is 0.00593. The number of carbonyl (C=O) groups is 3. The van der Waals surface area contributed by atoms with E-state index in [1.54, 1.807) is 6.92 Å². The van der Waals surface area contributed by atoms with Crippen LogP contribution in [-0.4, -0.2) is 50.2 Å². The molecule has 9 nitrogen and oxygen atoms in total. The molecule has 0 aliphatic heterocycles. The summed E-state index contributed by atoms with van der Waals surface area (Å²) in [6.07, 6.45) is 1.50. The van der Waals surface area contributed by atoms with Gasteiger partial charge in [-0.3, -0.25) is 0 Å². The zero-order valence-electron chi connectivity index (χ0n) is 28.3. The molecule has 0 aliphatic carbocycles. The van der Waals surface area contributed by atoms with Crippen molar-refractivity contribution in [1.82, 2.24) is 10.4 Å². The first-order chi connectivity index (χ1) is 22.4. The fourth-order valence-electron chi connectivity index (χ4n) is 4.47. The first-order valence-corrected chi connectivity index (χ1v) is 18.8. The number of nitrogens with one attached hydrogen (secondary N) is 1. The second-order valence-corrected chi connectivity index (χ2v) is 17.4. The standard InChI is InChI=1S/C37H48N2O7Si/c1-7-43-34(40)24-23-32(26-33(25-29-17-11-8-12-18-29)46-47(5,6)37(2,3)4)39(36(42)45-28-31-21-15-10-16-22-31)38-35(41)44-27-30-19-13-9-14-20-30/h8-24,32-33H,7,25-28H2,1-6H3,(H,38,41)/b24-23+/t32-,33+/m0/s1. The zero-order valence-corrected chi connectivity index (χ0v) is 29.3. The van der Waals surface area contributed by atoms with E-state index in [0.29, 0.717) is 6.42 Å². The molecule has 10 heteroatoms. The average molecular weight is 661 g/mol. The van der Waals surface area contributed by atoms with Gasteiger partial charge in [0.05, 0.1) is 18.8 Å². The number of hydrogen-bond acceptors (Lipinski definition) is 7. The topological polar surface area (TPSA) is 103 Å². The fourth-order valence-corrected chi connectivity index (χ4v) is 5.84. The van der Waals surface area contributed by atoms with E-state index in [1.807, 2.05) is 91.0 Å². The van der Waals surface area contributed by atoms with Gasteiger partial charge < -0.3 is 18.6 Å². The highest BCUT2D eigenvalue weighted by atomic mass is 28.4. The Morgan fingerprint density at radius 2 is 1.30 bits per heavy atom. The van der Waals surface area contributed by atoms with E-state index in [-0.39, 0.29) is 37.4 Å². The largest absolute Gasteiger partial charge is 0.463 e. The molecule has 0 heterocycles. The molecule has 0 unspecified atom stereocenters. The van der Waals surface area contributed by atoms with Crippen LogP contribution in [0.4, 0.5) is 9.59 Å². The Hall–Kier alpha value is -4.41. The molecule has 2 atom stereocenters. The lowest BCUT2D eigenvalue weighted by atomic mass is 10.0. The molecule has 0 saturated carbocycles. The highest BCUT2D eigenvalue weighted by molar-refractivity contribution is 6.74. The van der Waals surface area contributed by atoms with E-state index in [4.69, 9.17) is 18.6 Å². The number of esters is 1. The highest BCUT2D eigenvalue weighted by Gasteiger charge is 2.40. The quantitative estimate of drug-likeness (QED) is 0.0615. The van der Waals surface area contributed by atoms with Crippen molar-refractivity contribution in [1.29, 1.82) is 0 Å². The van der Waals surface area contributed by atoms with Gasteiger partial charge in [0, 0.05) is 6.08 Å². The summed E-state index contributed by atoms with van der Waals surface area (Å²) in [5, 5.41) is 0.977. The highest BCUT2D eigenvalue weighted by Crippen LogP contribution is 2.38. The molecule has 3 rings (SSSR count). The Kier molecular flexibility index (Phi) is 14.2. The predicted molar refractivity (Wildman–Crippen MR) is 185 cm³/mol. The SMILES string of the molecule is CCOC(=O)/C=C/[C@@H](C[C@@H](Cc1ccccc1)O[Si](C)(C)C(C)(C)C)N(NC(=O)OCc1ccccc1)C(=O)OCc1ccccc1. The average Bonchev–Trinajstić information content (AvgIpc) is 3.04. The van der Waals surface area contributed by atoms with E-state index in [0.717, 1.165) is 21.7 Å². The second kappa shape index (κ2) is 18.1. The molecule has 3 aromatic rings. The van der Waals surface area contributed by atoms with Gasteiger partial charge >= 0.3 is 18.2 Å². The third-order valence-electron chi connectivity index (χ3n) is 7.98. The van der Waals surface area contributed by atoms with Crippen molar-refractivity contribution in [2.75, 3.05) is 6.61 Å². The minimum Gasteiger partial charge on any atom is -0.463 e. The molecule has 2 amide bonds. The van der Waals surface area contributed by atoms with Crippen LogP contribution in [-0.2, 0) is 43.1 Å². The van der Waals surface area contributed by atoms with Crippen LogP contribution in [0, 0.1) is 0 Å². The Labute approximate surface area is 280 Å². The van der Waals surface area contributed by atoms with Crippen LogP contribution in [0.1, 0.15) is 50.8 Å². The summed E-state index contributed by atoms with van der Waals surface area (Å²) in [5.41, 5.74) is 5.20. The van der Waals surface area contributed by atoms with E-state index < -0.39 is 32.5 Å². The molecule has 0 fully saturated rings. The molecule has 252 valence electrons. The van der Waals surface area contributed by atoms with Gasteiger partial charge in [0.2, 0.25) is 0 Å². The van der Waals surface area contributed by atoms with Gasteiger partial charge in [-0.1, -0.05) is 118 Å². The summed E-state index contributed by atoms with van der Waals surface area (Å²) >= 11 is 0. The summed E-state index contributed by atoms with van der Waals surface area (Å²) in [4.78, 5) is 39.4. The third kappa shape index (κ3) is 12.7. The molecule has 0 aromatic heterocycles. The van der Waals surface area contributed by atoms with Crippen LogP contribution in [0.3, 0.4) is 0 Å². The number of hydrogen-bond donors (Lipinski definition) is 1. The Morgan fingerprint density at radius 3 is 1.81 bits per heavy atom. The lowest BCUT2D eigenvalue weighted by molar-refractivity contribution is -0.137. The lowest BCUT2D eigenvalue weighted by Crippen LogP contribution is -2.53. The van der Waals surface area contributed by atoms with Crippen molar-refractivity contribution in [2.24, 2.45) is 0 Å². The summed E-state index contributed by atoms with van der Waals surface area (Å²) in [7, 11) is -2.31. The van der Waals surface area contributed by atoms with Gasteiger partial charge in [-0.25, -0.2) is 24.8 Å². The maximum absolute atomic E-state index is 13.8. The number of carbonyl (C=O) groups excluding carboxylic acids is 3. The van der Waals surface area contributed by atoms with Crippen molar-refractivity contribution in [3.8, 4) is 0 Å². The maximum atomic E-state index is 13.8. The molecule has 47 heavy (non-hydrogen) atoms. The van der Waals surface area contributed by atoms with E-state index in [9.17, 15) is 14.4 Å². The first kappa shape index (κ1) is 37.0. The summed E-state index contributed by atoms with van der Waals surface area (Å²) < 4.78 is 23.2. The Balaban J connectivity index is 1.97. The van der Waals surface area contributed by atoms with Crippen LogP contribution >= 0.6 is 0 Å². The number of amides is 2. The van der Waals surface area contributed by atoms with Crippen LogP contribution < -0.4 is 5.43 Å². The summed E-state index contributed by atoms with van der Waals surface area (Å²) in [6.45, 7) is 12.7. The zero-order chi connectivity index (χ0) is 34.3. The number of ether oxygens (including phenoxy) is 3. The lowest BCUT2D eigenvalue weighted by Gasteiger charge is -2.41. The van der Waals surface area contributed by atoms with E-state index in [2.05, 4.69) is 39.3 Å². The van der Waals surface area contributed by atoms with Crippen molar-refractivity contribution in [2.45, 2.75) is 84.0 Å². The molecule has 0 radical (unpaired) electrons. The van der Waals surface area contributed by atoms with Crippen LogP contribution in [0.2, 0.25) is 18.1 Å². The second-order valence-electron chi connectivity index (χ2n) is 12.7. The first-order valence-electron chi connectivity index (χ1n) is 15.9. The van der Waals surface area contributed by atoms with Crippen molar-refractivity contribution in [3.63, 3.8) is 0 Å². The molecule has 0 spiro atoms. The molecule has 0 aliphatic rings. The number of rotatable bonds is 14. The fraction of sp³-hybridized carbons (Fsp3) is 0.378. The molecule has 1 N–H and O–H groups in total. The molecular weight excluding hydrogens is 613 g/mol. The van der Waals surface area contributed by atoms with Crippen LogP contribution in [0.25, 0.3) is 0 Å². The van der Waals surface area contributed by atoms with Crippen LogP contribution in [0.15, 0.2) is 103 Å². The predicted octanol–water partition coefficient (Wildman–Crippen LogP) is 7.98. The molecule has 0 saturated heterocycles.